The summed E-state index contributed by atoms with van der Waals surface area (Å²) in [6.07, 6.45) is -16.5. The number of amides is 2. The van der Waals surface area contributed by atoms with Crippen LogP contribution in [0.3, 0.4) is 0 Å². The van der Waals surface area contributed by atoms with E-state index in [4.69, 9.17) is 30.5 Å². The number of hydrogen-bond donors (Lipinski definition) is 7. The minimum absolute atomic E-state index is 0.0346. The molecule has 17 heteroatoms. The van der Waals surface area contributed by atoms with E-state index in [1.54, 1.807) is 6.92 Å². The standard InChI is InChI=1S/C19H34ClN3O13/c1-2-33-6-5-22(19(31)23(21-32)4-3-20)17-14(29)13(28)16(10(8-25)34-17)36-18-15(30)12(27)11(26)9(7-24)35-18/h9-18,24-30H,2-8H2,1H3/t9-,10-,11-,12+,13-,14-,15-,16-,17?,18-/m1/s1. The van der Waals surface area contributed by atoms with Crippen LogP contribution in [-0.2, 0) is 18.9 Å². The van der Waals surface area contributed by atoms with E-state index in [0.29, 0.717) is 11.6 Å². The lowest BCUT2D eigenvalue weighted by molar-refractivity contribution is -0.347. The van der Waals surface area contributed by atoms with Crippen molar-refractivity contribution in [2.75, 3.05) is 45.4 Å². The highest BCUT2D eigenvalue weighted by Gasteiger charge is 2.52. The van der Waals surface area contributed by atoms with Gasteiger partial charge in [0.25, 0.3) is 0 Å². The number of aliphatic hydroxyl groups is 7. The summed E-state index contributed by atoms with van der Waals surface area (Å²) in [5, 5.41) is 74.1. The molecule has 210 valence electrons. The van der Waals surface area contributed by atoms with Crippen molar-refractivity contribution in [3.05, 3.63) is 4.91 Å². The number of halogens is 1. The smallest absolute Gasteiger partial charge is 0.345 e. The van der Waals surface area contributed by atoms with Gasteiger partial charge in [0, 0.05) is 19.0 Å². The Balaban J connectivity index is 2.25. The first-order valence-electron chi connectivity index (χ1n) is 11.3. The van der Waals surface area contributed by atoms with E-state index in [1.165, 1.54) is 0 Å². The fourth-order valence-electron chi connectivity index (χ4n) is 3.87. The first-order valence-corrected chi connectivity index (χ1v) is 11.8. The third-order valence-corrected chi connectivity index (χ3v) is 6.00. The zero-order valence-corrected chi connectivity index (χ0v) is 20.3. The number of rotatable bonds is 12. The molecule has 0 bridgehead atoms. The van der Waals surface area contributed by atoms with Crippen LogP contribution in [0.25, 0.3) is 0 Å². The van der Waals surface area contributed by atoms with Gasteiger partial charge < -0.3 is 54.7 Å². The van der Waals surface area contributed by atoms with E-state index in [9.17, 15) is 45.4 Å². The molecule has 36 heavy (non-hydrogen) atoms. The first kappa shape index (κ1) is 30.9. The van der Waals surface area contributed by atoms with Crippen molar-refractivity contribution in [2.24, 2.45) is 5.29 Å². The van der Waals surface area contributed by atoms with Crippen molar-refractivity contribution in [3.8, 4) is 0 Å². The first-order chi connectivity index (χ1) is 17.2. The Hall–Kier alpha value is -1.28. The van der Waals surface area contributed by atoms with Crippen LogP contribution in [0, 0.1) is 4.91 Å². The molecule has 2 fully saturated rings. The molecule has 1 unspecified atom stereocenters. The lowest BCUT2D eigenvalue weighted by atomic mass is 9.96. The van der Waals surface area contributed by atoms with Crippen molar-refractivity contribution in [3.63, 3.8) is 0 Å². The molecule has 2 heterocycles. The molecule has 16 nitrogen and oxygen atoms in total. The monoisotopic (exact) mass is 547 g/mol. The maximum Gasteiger partial charge on any atom is 0.345 e. The summed E-state index contributed by atoms with van der Waals surface area (Å²) in [5.41, 5.74) is 0. The highest BCUT2D eigenvalue weighted by Crippen LogP contribution is 2.30. The number of alkyl halides is 1. The maximum atomic E-state index is 12.9. The van der Waals surface area contributed by atoms with Crippen LogP contribution in [0.4, 0.5) is 4.79 Å². The van der Waals surface area contributed by atoms with Gasteiger partial charge in [-0.3, -0.25) is 4.90 Å². The number of nitroso groups, excluding NO2 is 1. The summed E-state index contributed by atoms with van der Waals surface area (Å²) in [4.78, 5) is 25.0. The summed E-state index contributed by atoms with van der Waals surface area (Å²) in [7, 11) is 0. The molecule has 7 N–H and O–H groups in total. The normalized spacial score (nSPS) is 36.9. The van der Waals surface area contributed by atoms with Crippen molar-refractivity contribution in [1.29, 1.82) is 0 Å². The zero-order chi connectivity index (χ0) is 27.0. The van der Waals surface area contributed by atoms with E-state index in [2.05, 4.69) is 5.29 Å². The Morgan fingerprint density at radius 2 is 1.61 bits per heavy atom. The average Bonchev–Trinajstić information content (AvgIpc) is 2.88. The minimum atomic E-state index is -1.86. The fourth-order valence-corrected chi connectivity index (χ4v) is 4.03. The summed E-state index contributed by atoms with van der Waals surface area (Å²) < 4.78 is 21.6. The molecule has 0 saturated carbocycles. The van der Waals surface area contributed by atoms with Crippen LogP contribution in [0.5, 0.6) is 0 Å². The predicted molar refractivity (Wildman–Crippen MR) is 118 cm³/mol. The molecule has 0 spiro atoms. The number of ether oxygens (including phenoxy) is 4. The van der Waals surface area contributed by atoms with E-state index >= 15 is 0 Å². The molecule has 0 radical (unpaired) electrons. The highest BCUT2D eigenvalue weighted by atomic mass is 35.5. The van der Waals surface area contributed by atoms with Crippen molar-refractivity contribution in [2.45, 2.75) is 68.3 Å². The van der Waals surface area contributed by atoms with E-state index in [-0.39, 0.29) is 25.6 Å². The van der Waals surface area contributed by atoms with Crippen LogP contribution < -0.4 is 0 Å². The van der Waals surface area contributed by atoms with Crippen molar-refractivity contribution >= 4 is 17.6 Å². The van der Waals surface area contributed by atoms with Crippen LogP contribution >= 0.6 is 11.6 Å². The molecule has 2 saturated heterocycles. The molecule has 2 aliphatic heterocycles. The van der Waals surface area contributed by atoms with Gasteiger partial charge in [-0.25, -0.2) is 4.79 Å². The SMILES string of the molecule is CCOCCN(C(=O)N(CCCl)N=O)C1O[C@H](CO)[C@@H](O[C@H]2O[C@H](CO)[C@@H](O)[C@H](O)[C@H]2O)[C@H](O)[C@H]1O. The highest BCUT2D eigenvalue weighted by molar-refractivity contribution is 6.18. The Morgan fingerprint density at radius 1 is 0.944 bits per heavy atom. The third kappa shape index (κ3) is 6.97. The van der Waals surface area contributed by atoms with Crippen LogP contribution in [0.1, 0.15) is 6.92 Å². The van der Waals surface area contributed by atoms with Gasteiger partial charge in [-0.1, -0.05) is 0 Å². The summed E-state index contributed by atoms with van der Waals surface area (Å²) in [6.45, 7) is -0.0242. The number of nitrogens with zero attached hydrogens (tertiary/aromatic N) is 3. The molecule has 2 aliphatic rings. The van der Waals surface area contributed by atoms with Crippen molar-refractivity contribution in [1.82, 2.24) is 9.91 Å². The molecule has 2 amide bonds. The van der Waals surface area contributed by atoms with E-state index < -0.39 is 80.6 Å². The zero-order valence-electron chi connectivity index (χ0n) is 19.5. The molecule has 0 aromatic heterocycles. The second kappa shape index (κ2) is 14.6. The largest absolute Gasteiger partial charge is 0.394 e. The van der Waals surface area contributed by atoms with Gasteiger partial charge in [-0.05, 0) is 6.92 Å². The molecule has 0 aliphatic carbocycles. The Bertz CT molecular complexity index is 693. The maximum absolute atomic E-state index is 12.9. The van der Waals surface area contributed by atoms with Crippen LogP contribution in [0.15, 0.2) is 5.29 Å². The average molecular weight is 548 g/mol. The van der Waals surface area contributed by atoms with Crippen molar-refractivity contribution < 1.29 is 59.5 Å². The quantitative estimate of drug-likeness (QED) is 0.0540. The molecular formula is C19H34ClN3O13. The van der Waals surface area contributed by atoms with Gasteiger partial charge in [0.05, 0.1) is 31.7 Å². The third-order valence-electron chi connectivity index (χ3n) is 5.83. The molecule has 10 atom stereocenters. The van der Waals surface area contributed by atoms with E-state index in [0.717, 1.165) is 4.90 Å². The van der Waals surface area contributed by atoms with Crippen LogP contribution in [-0.4, -0.2) is 158 Å². The van der Waals surface area contributed by atoms with Gasteiger partial charge >= 0.3 is 6.03 Å². The fraction of sp³-hybridized carbons (Fsp3) is 0.947. The number of urea groups is 1. The van der Waals surface area contributed by atoms with Gasteiger partial charge in [0.1, 0.15) is 48.8 Å². The molecule has 0 aromatic rings. The Labute approximate surface area is 211 Å². The van der Waals surface area contributed by atoms with Gasteiger partial charge in [0.2, 0.25) is 0 Å². The second-order valence-electron chi connectivity index (χ2n) is 8.09. The number of hydrogen-bond acceptors (Lipinski definition) is 14. The summed E-state index contributed by atoms with van der Waals surface area (Å²) in [6, 6.07) is -1.01. The lowest BCUT2D eigenvalue weighted by Crippen LogP contribution is -2.67. The minimum Gasteiger partial charge on any atom is -0.394 e. The summed E-state index contributed by atoms with van der Waals surface area (Å²) >= 11 is 5.61. The van der Waals surface area contributed by atoms with Gasteiger partial charge in [-0.15, -0.1) is 16.5 Å². The number of carbonyl (C=O) groups is 1. The van der Waals surface area contributed by atoms with Crippen LogP contribution in [0.2, 0.25) is 0 Å². The van der Waals surface area contributed by atoms with E-state index in [1.807, 2.05) is 0 Å². The van der Waals surface area contributed by atoms with Gasteiger partial charge in [-0.2, -0.15) is 5.01 Å². The lowest BCUT2D eigenvalue weighted by Gasteiger charge is -2.48. The Morgan fingerprint density at radius 3 is 2.17 bits per heavy atom. The topological polar surface area (TPSA) is 232 Å². The predicted octanol–water partition coefficient (Wildman–Crippen LogP) is -3.71. The molecular weight excluding hydrogens is 514 g/mol. The van der Waals surface area contributed by atoms with Gasteiger partial charge in [0.15, 0.2) is 12.5 Å². The molecule has 2 rings (SSSR count). The second-order valence-corrected chi connectivity index (χ2v) is 8.47. The Kier molecular flexibility index (Phi) is 12.6. The number of carbonyl (C=O) groups excluding carboxylic acids is 1. The number of aliphatic hydroxyl groups excluding tert-OH is 7. The summed E-state index contributed by atoms with van der Waals surface area (Å²) in [5.74, 6) is -0.123. The molecule has 0 aromatic carbocycles.